The van der Waals surface area contributed by atoms with Crippen LogP contribution in [0, 0.1) is 0 Å². The summed E-state index contributed by atoms with van der Waals surface area (Å²) < 4.78 is 11.2. The summed E-state index contributed by atoms with van der Waals surface area (Å²) in [6.07, 6.45) is 1.84. The van der Waals surface area contributed by atoms with Crippen LogP contribution in [0.1, 0.15) is 28.8 Å². The van der Waals surface area contributed by atoms with Crippen molar-refractivity contribution in [3.05, 3.63) is 29.3 Å². The van der Waals surface area contributed by atoms with Gasteiger partial charge in [0.1, 0.15) is 18.5 Å². The molecule has 96 valence electrons. The number of hydrogen-bond acceptors (Lipinski definition) is 4. The van der Waals surface area contributed by atoms with Crippen molar-refractivity contribution in [2.75, 3.05) is 13.2 Å². The van der Waals surface area contributed by atoms with E-state index in [4.69, 9.17) is 9.47 Å². The van der Waals surface area contributed by atoms with Gasteiger partial charge in [0.25, 0.3) is 0 Å². The lowest BCUT2D eigenvalue weighted by atomic mass is 10.1. The highest BCUT2D eigenvalue weighted by Crippen LogP contribution is 2.27. The minimum atomic E-state index is -0.881. The van der Waals surface area contributed by atoms with Crippen LogP contribution in [0.25, 0.3) is 0 Å². The Morgan fingerprint density at radius 2 is 2.33 bits per heavy atom. The molecule has 3 rings (SSSR count). The van der Waals surface area contributed by atoms with Gasteiger partial charge in [-0.2, -0.15) is 0 Å². The number of hydrogen-bond donors (Lipinski definition) is 1. The number of ketones is 1. The predicted molar refractivity (Wildman–Crippen MR) is 65.0 cm³/mol. The number of Topliss-reactive ketones (excluding diaryl/α,β-unsaturated/α-hetero) is 1. The fourth-order valence-electron chi connectivity index (χ4n) is 2.51. The Balaban J connectivity index is 1.67. The third kappa shape index (κ3) is 2.13. The second kappa shape index (κ2) is 4.71. The van der Waals surface area contributed by atoms with Gasteiger partial charge in [-0.1, -0.05) is 0 Å². The molecule has 0 saturated carbocycles. The van der Waals surface area contributed by atoms with Crippen LogP contribution in [-0.2, 0) is 11.2 Å². The van der Waals surface area contributed by atoms with Gasteiger partial charge in [0.05, 0.1) is 6.10 Å². The molecule has 1 N–H and O–H groups in total. The van der Waals surface area contributed by atoms with Crippen molar-refractivity contribution in [2.45, 2.75) is 31.5 Å². The highest BCUT2D eigenvalue weighted by molar-refractivity contribution is 6.03. The summed E-state index contributed by atoms with van der Waals surface area (Å²) in [7, 11) is 0. The molecule has 1 aliphatic carbocycles. The number of ether oxygens (including phenoxy) is 2. The molecule has 0 bridgehead atoms. The van der Waals surface area contributed by atoms with Crippen LogP contribution in [0.2, 0.25) is 0 Å². The van der Waals surface area contributed by atoms with Gasteiger partial charge in [0, 0.05) is 18.6 Å². The molecule has 0 spiro atoms. The SMILES string of the molecule is O=C1c2ccc(OC[C@H]3CCCO3)cc2CC1O. The maximum atomic E-state index is 11.6. The second-order valence-electron chi connectivity index (χ2n) is 4.85. The summed E-state index contributed by atoms with van der Waals surface area (Å²) in [5, 5.41) is 9.50. The van der Waals surface area contributed by atoms with Crippen LogP contribution in [0.15, 0.2) is 18.2 Å². The Morgan fingerprint density at radius 3 is 3.11 bits per heavy atom. The average Bonchev–Trinajstić information content (AvgIpc) is 2.97. The largest absolute Gasteiger partial charge is 0.491 e. The molecular formula is C14H16O4. The van der Waals surface area contributed by atoms with E-state index in [0.717, 1.165) is 30.8 Å². The molecule has 1 aromatic carbocycles. The van der Waals surface area contributed by atoms with Crippen molar-refractivity contribution in [1.82, 2.24) is 0 Å². The summed E-state index contributed by atoms with van der Waals surface area (Å²) in [6, 6.07) is 5.36. The third-order valence-corrected chi connectivity index (χ3v) is 3.52. The average molecular weight is 248 g/mol. The van der Waals surface area contributed by atoms with Crippen LogP contribution in [0.3, 0.4) is 0 Å². The standard InChI is InChI=1S/C14H16O4/c15-13-7-9-6-10(3-4-12(9)14(13)16)18-8-11-2-1-5-17-11/h3-4,6,11,13,15H,1-2,5,7-8H2/t11-,13?/m1/s1. The Kier molecular flexibility index (Phi) is 3.06. The Morgan fingerprint density at radius 1 is 1.44 bits per heavy atom. The van der Waals surface area contributed by atoms with Crippen molar-refractivity contribution >= 4 is 5.78 Å². The molecular weight excluding hydrogens is 232 g/mol. The lowest BCUT2D eigenvalue weighted by Crippen LogP contribution is -2.16. The van der Waals surface area contributed by atoms with Gasteiger partial charge in [0.15, 0.2) is 5.78 Å². The van der Waals surface area contributed by atoms with E-state index in [2.05, 4.69) is 0 Å². The summed E-state index contributed by atoms with van der Waals surface area (Å²) in [4.78, 5) is 11.6. The van der Waals surface area contributed by atoms with E-state index < -0.39 is 6.10 Å². The van der Waals surface area contributed by atoms with Gasteiger partial charge in [0.2, 0.25) is 0 Å². The van der Waals surface area contributed by atoms with Gasteiger partial charge in [-0.25, -0.2) is 0 Å². The maximum absolute atomic E-state index is 11.6. The number of benzene rings is 1. The fraction of sp³-hybridized carbons (Fsp3) is 0.500. The zero-order chi connectivity index (χ0) is 12.5. The van der Waals surface area contributed by atoms with Crippen molar-refractivity contribution in [1.29, 1.82) is 0 Å². The van der Waals surface area contributed by atoms with Crippen LogP contribution < -0.4 is 4.74 Å². The zero-order valence-electron chi connectivity index (χ0n) is 10.1. The number of fused-ring (bicyclic) bond motifs is 1. The molecule has 1 aromatic rings. The minimum Gasteiger partial charge on any atom is -0.491 e. The predicted octanol–water partition coefficient (Wildman–Crippen LogP) is 1.34. The van der Waals surface area contributed by atoms with E-state index in [1.54, 1.807) is 12.1 Å². The first-order valence-corrected chi connectivity index (χ1v) is 6.33. The molecule has 0 aromatic heterocycles. The lowest BCUT2D eigenvalue weighted by Gasteiger charge is -2.12. The van der Waals surface area contributed by atoms with E-state index in [-0.39, 0.29) is 11.9 Å². The smallest absolute Gasteiger partial charge is 0.191 e. The summed E-state index contributed by atoms with van der Waals surface area (Å²) in [5.74, 6) is 0.557. The molecule has 18 heavy (non-hydrogen) atoms. The van der Waals surface area contributed by atoms with E-state index in [1.807, 2.05) is 6.07 Å². The molecule has 1 saturated heterocycles. The van der Waals surface area contributed by atoms with Crippen molar-refractivity contribution < 1.29 is 19.4 Å². The van der Waals surface area contributed by atoms with E-state index in [9.17, 15) is 9.90 Å². The monoisotopic (exact) mass is 248 g/mol. The molecule has 4 nitrogen and oxygen atoms in total. The first kappa shape index (κ1) is 11.7. The highest BCUT2D eigenvalue weighted by atomic mass is 16.5. The maximum Gasteiger partial charge on any atom is 0.191 e. The van der Waals surface area contributed by atoms with Crippen LogP contribution >= 0.6 is 0 Å². The summed E-state index contributed by atoms with van der Waals surface area (Å²) >= 11 is 0. The number of aliphatic hydroxyl groups is 1. The molecule has 1 aliphatic heterocycles. The molecule has 4 heteroatoms. The number of rotatable bonds is 3. The number of aliphatic hydroxyl groups excluding tert-OH is 1. The van der Waals surface area contributed by atoms with Gasteiger partial charge in [-0.15, -0.1) is 0 Å². The summed E-state index contributed by atoms with van der Waals surface area (Å²) in [5.41, 5.74) is 1.49. The van der Waals surface area contributed by atoms with Crippen molar-refractivity contribution in [2.24, 2.45) is 0 Å². The van der Waals surface area contributed by atoms with Gasteiger partial charge in [-0.3, -0.25) is 4.79 Å². The van der Waals surface area contributed by atoms with Gasteiger partial charge >= 0.3 is 0 Å². The van der Waals surface area contributed by atoms with Crippen molar-refractivity contribution in [3.8, 4) is 5.75 Å². The Labute approximate surface area is 106 Å². The minimum absolute atomic E-state index is 0.185. The van der Waals surface area contributed by atoms with E-state index in [0.29, 0.717) is 18.6 Å². The molecule has 1 heterocycles. The first-order valence-electron chi connectivity index (χ1n) is 6.33. The molecule has 2 atom stereocenters. The molecule has 1 unspecified atom stereocenters. The third-order valence-electron chi connectivity index (χ3n) is 3.52. The zero-order valence-corrected chi connectivity index (χ0v) is 10.1. The number of carbonyl (C=O) groups excluding carboxylic acids is 1. The Bertz CT molecular complexity index is 463. The Hall–Kier alpha value is -1.39. The highest BCUT2D eigenvalue weighted by Gasteiger charge is 2.28. The van der Waals surface area contributed by atoms with Crippen LogP contribution in [0.4, 0.5) is 0 Å². The topological polar surface area (TPSA) is 55.8 Å². The van der Waals surface area contributed by atoms with Crippen LogP contribution in [-0.4, -0.2) is 36.3 Å². The van der Waals surface area contributed by atoms with Crippen LogP contribution in [0.5, 0.6) is 5.75 Å². The summed E-state index contributed by atoms with van der Waals surface area (Å²) in [6.45, 7) is 1.37. The molecule has 2 aliphatic rings. The van der Waals surface area contributed by atoms with Gasteiger partial charge < -0.3 is 14.6 Å². The number of carbonyl (C=O) groups is 1. The lowest BCUT2D eigenvalue weighted by molar-refractivity contribution is 0.0679. The van der Waals surface area contributed by atoms with E-state index in [1.165, 1.54) is 0 Å². The quantitative estimate of drug-likeness (QED) is 0.877. The van der Waals surface area contributed by atoms with E-state index >= 15 is 0 Å². The normalized spacial score (nSPS) is 26.4. The van der Waals surface area contributed by atoms with Crippen molar-refractivity contribution in [3.63, 3.8) is 0 Å². The molecule has 0 amide bonds. The second-order valence-corrected chi connectivity index (χ2v) is 4.85. The van der Waals surface area contributed by atoms with Gasteiger partial charge in [-0.05, 0) is 36.6 Å². The fourth-order valence-corrected chi connectivity index (χ4v) is 2.51. The molecule has 0 radical (unpaired) electrons. The first-order chi connectivity index (χ1) is 8.74. The molecule has 1 fully saturated rings.